The predicted molar refractivity (Wildman–Crippen MR) is 136 cm³/mol. The summed E-state index contributed by atoms with van der Waals surface area (Å²) in [5, 5.41) is 6.90. The molecule has 0 radical (unpaired) electrons. The fraction of sp³-hybridized carbons (Fsp3) is 0.682. The zero-order valence-electron chi connectivity index (χ0n) is 19.2. The lowest BCUT2D eigenvalue weighted by molar-refractivity contribution is 0.261. The number of halogens is 1. The Bertz CT molecular complexity index is 564. The topological polar surface area (TPSA) is 52.1 Å². The summed E-state index contributed by atoms with van der Waals surface area (Å²) in [7, 11) is 5.92. The van der Waals surface area contributed by atoms with Gasteiger partial charge in [0.1, 0.15) is 12.4 Å². The van der Waals surface area contributed by atoms with Crippen LogP contribution in [0.5, 0.6) is 5.75 Å². The highest BCUT2D eigenvalue weighted by molar-refractivity contribution is 14.0. The molecule has 1 aromatic rings. The summed E-state index contributed by atoms with van der Waals surface area (Å²) in [6.45, 7) is 12.4. The summed E-state index contributed by atoms with van der Waals surface area (Å²) in [4.78, 5) is 8.94. The maximum atomic E-state index is 5.82. The van der Waals surface area contributed by atoms with E-state index in [1.54, 1.807) is 0 Å². The third-order valence-electron chi connectivity index (χ3n) is 4.78. The molecule has 7 heteroatoms. The summed E-state index contributed by atoms with van der Waals surface area (Å²) in [6.07, 6.45) is 2.32. The molecule has 0 amide bonds. The normalized spacial score (nSPS) is 12.6. The van der Waals surface area contributed by atoms with E-state index in [4.69, 9.17) is 4.74 Å². The van der Waals surface area contributed by atoms with Gasteiger partial charge in [0.25, 0.3) is 0 Å². The van der Waals surface area contributed by atoms with E-state index in [9.17, 15) is 0 Å². The van der Waals surface area contributed by atoms with Gasteiger partial charge in [-0.1, -0.05) is 26.0 Å². The Hall–Kier alpha value is -1.06. The van der Waals surface area contributed by atoms with Gasteiger partial charge in [0, 0.05) is 26.2 Å². The van der Waals surface area contributed by atoms with Crippen molar-refractivity contribution in [2.24, 2.45) is 4.99 Å². The minimum absolute atomic E-state index is 0. The number of likely N-dealkylation sites (N-methyl/N-ethyl adjacent to an activating group) is 1. The highest BCUT2D eigenvalue weighted by atomic mass is 127. The van der Waals surface area contributed by atoms with Crippen molar-refractivity contribution in [3.8, 4) is 5.75 Å². The monoisotopic (exact) mass is 519 g/mol. The van der Waals surface area contributed by atoms with Crippen LogP contribution in [0.15, 0.2) is 29.3 Å². The van der Waals surface area contributed by atoms with E-state index in [-0.39, 0.29) is 24.0 Å². The molecule has 6 nitrogen and oxygen atoms in total. The van der Waals surface area contributed by atoms with Gasteiger partial charge in [0.2, 0.25) is 0 Å². The number of rotatable bonds is 13. The van der Waals surface area contributed by atoms with Crippen LogP contribution in [-0.2, 0) is 6.54 Å². The molecule has 0 spiro atoms. The first kappa shape index (κ1) is 27.9. The molecule has 0 bridgehead atoms. The molecular formula is C22H42IN5O. The van der Waals surface area contributed by atoms with Crippen LogP contribution in [-0.4, -0.2) is 75.7 Å². The zero-order chi connectivity index (χ0) is 20.8. The van der Waals surface area contributed by atoms with Crippen LogP contribution < -0.4 is 15.4 Å². The second-order valence-corrected chi connectivity index (χ2v) is 7.44. The van der Waals surface area contributed by atoms with Crippen molar-refractivity contribution in [1.82, 2.24) is 20.4 Å². The second-order valence-electron chi connectivity index (χ2n) is 7.44. The molecule has 1 atom stereocenters. The molecule has 0 fully saturated rings. The van der Waals surface area contributed by atoms with Gasteiger partial charge in [-0.15, -0.1) is 24.0 Å². The van der Waals surface area contributed by atoms with Gasteiger partial charge >= 0.3 is 0 Å². The van der Waals surface area contributed by atoms with Crippen molar-refractivity contribution in [3.05, 3.63) is 29.8 Å². The zero-order valence-corrected chi connectivity index (χ0v) is 21.5. The van der Waals surface area contributed by atoms with Crippen molar-refractivity contribution in [2.75, 3.05) is 53.9 Å². The first-order valence-electron chi connectivity index (χ1n) is 10.5. The lowest BCUT2D eigenvalue weighted by Crippen LogP contribution is -2.42. The first-order valence-corrected chi connectivity index (χ1v) is 10.5. The molecule has 0 saturated carbocycles. The third-order valence-corrected chi connectivity index (χ3v) is 4.78. The Morgan fingerprint density at radius 1 is 1.17 bits per heavy atom. The molecule has 1 unspecified atom stereocenters. The average Bonchev–Trinajstić information content (AvgIpc) is 2.68. The number of hydrogen-bond acceptors (Lipinski definition) is 4. The summed E-state index contributed by atoms with van der Waals surface area (Å²) >= 11 is 0. The Labute approximate surface area is 195 Å². The van der Waals surface area contributed by atoms with E-state index in [0.29, 0.717) is 12.6 Å². The number of aliphatic imine (C=N–C) groups is 1. The molecule has 1 rings (SSSR count). The van der Waals surface area contributed by atoms with Crippen molar-refractivity contribution in [1.29, 1.82) is 0 Å². The molecule has 0 saturated heterocycles. The van der Waals surface area contributed by atoms with Gasteiger partial charge in [0.15, 0.2) is 5.96 Å². The average molecular weight is 520 g/mol. The minimum atomic E-state index is 0. The number of benzene rings is 1. The number of ether oxygens (including phenoxy) is 1. The van der Waals surface area contributed by atoms with Crippen molar-refractivity contribution < 1.29 is 4.74 Å². The largest absolute Gasteiger partial charge is 0.492 e. The van der Waals surface area contributed by atoms with Crippen LogP contribution in [0.2, 0.25) is 0 Å². The predicted octanol–water partition coefficient (Wildman–Crippen LogP) is 3.42. The van der Waals surface area contributed by atoms with Gasteiger partial charge in [-0.2, -0.15) is 0 Å². The SMILES string of the molecule is CCN(CC)CCCC(C)NC(=NC)NCc1cccc(OCCN(C)C)c1.I. The Balaban J connectivity index is 0.00000784. The van der Waals surface area contributed by atoms with Gasteiger partial charge in [-0.25, -0.2) is 0 Å². The first-order chi connectivity index (χ1) is 13.5. The molecule has 0 aliphatic rings. The Morgan fingerprint density at radius 3 is 2.52 bits per heavy atom. The van der Waals surface area contributed by atoms with Crippen LogP contribution >= 0.6 is 24.0 Å². The number of nitrogens with zero attached hydrogens (tertiary/aromatic N) is 3. The van der Waals surface area contributed by atoms with E-state index in [1.807, 2.05) is 33.3 Å². The summed E-state index contributed by atoms with van der Waals surface area (Å²) in [5.41, 5.74) is 1.18. The Kier molecular flexibility index (Phi) is 16.1. The minimum Gasteiger partial charge on any atom is -0.492 e. The van der Waals surface area contributed by atoms with E-state index in [0.717, 1.165) is 50.9 Å². The van der Waals surface area contributed by atoms with Crippen molar-refractivity contribution >= 4 is 29.9 Å². The lowest BCUT2D eigenvalue weighted by Gasteiger charge is -2.21. The van der Waals surface area contributed by atoms with Gasteiger partial charge in [-0.3, -0.25) is 4.99 Å². The number of hydrogen-bond donors (Lipinski definition) is 2. The molecule has 2 N–H and O–H groups in total. The standard InChI is InChI=1S/C22H41N5O.HI/c1-7-27(8-2)14-10-11-19(3)25-22(23-4)24-18-20-12-9-13-21(17-20)28-16-15-26(5)6;/h9,12-13,17,19H,7-8,10-11,14-16,18H2,1-6H3,(H2,23,24,25);1H. The second kappa shape index (κ2) is 16.7. The van der Waals surface area contributed by atoms with E-state index < -0.39 is 0 Å². The summed E-state index contributed by atoms with van der Waals surface area (Å²) in [6, 6.07) is 8.62. The van der Waals surface area contributed by atoms with E-state index >= 15 is 0 Å². The third kappa shape index (κ3) is 13.0. The van der Waals surface area contributed by atoms with Crippen molar-refractivity contribution in [3.63, 3.8) is 0 Å². The fourth-order valence-electron chi connectivity index (χ4n) is 2.94. The van der Waals surface area contributed by atoms with Crippen molar-refractivity contribution in [2.45, 2.75) is 46.2 Å². The van der Waals surface area contributed by atoms with Gasteiger partial charge < -0.3 is 25.2 Å². The summed E-state index contributed by atoms with van der Waals surface area (Å²) < 4.78 is 5.82. The van der Waals surface area contributed by atoms with Gasteiger partial charge in [0.05, 0.1) is 0 Å². The molecule has 29 heavy (non-hydrogen) atoms. The van der Waals surface area contributed by atoms with Crippen LogP contribution in [0.3, 0.4) is 0 Å². The summed E-state index contributed by atoms with van der Waals surface area (Å²) in [5.74, 6) is 1.75. The maximum absolute atomic E-state index is 5.82. The lowest BCUT2D eigenvalue weighted by atomic mass is 10.2. The van der Waals surface area contributed by atoms with Crippen LogP contribution in [0.4, 0.5) is 0 Å². The van der Waals surface area contributed by atoms with Crippen LogP contribution in [0.1, 0.15) is 39.2 Å². The fourth-order valence-corrected chi connectivity index (χ4v) is 2.94. The molecule has 0 aliphatic carbocycles. The quantitative estimate of drug-likeness (QED) is 0.238. The van der Waals surface area contributed by atoms with Crippen LogP contribution in [0.25, 0.3) is 0 Å². The van der Waals surface area contributed by atoms with Crippen LogP contribution in [0, 0.1) is 0 Å². The molecule has 1 aromatic carbocycles. The van der Waals surface area contributed by atoms with E-state index in [2.05, 4.69) is 58.3 Å². The molecule has 168 valence electrons. The molecule has 0 heterocycles. The Morgan fingerprint density at radius 2 is 1.90 bits per heavy atom. The molecular weight excluding hydrogens is 477 g/mol. The smallest absolute Gasteiger partial charge is 0.191 e. The van der Waals surface area contributed by atoms with E-state index in [1.165, 1.54) is 12.0 Å². The molecule has 0 aromatic heterocycles. The highest BCUT2D eigenvalue weighted by Crippen LogP contribution is 2.13. The molecule has 0 aliphatic heterocycles. The highest BCUT2D eigenvalue weighted by Gasteiger charge is 2.07. The number of guanidine groups is 1. The maximum Gasteiger partial charge on any atom is 0.191 e. The van der Waals surface area contributed by atoms with Gasteiger partial charge in [-0.05, 0) is 71.2 Å². The number of nitrogens with one attached hydrogen (secondary N) is 2.